The lowest BCUT2D eigenvalue weighted by Crippen LogP contribution is -2.11. The number of rotatable bonds is 7. The topological polar surface area (TPSA) is 29.5 Å². The molecule has 0 saturated heterocycles. The third kappa shape index (κ3) is 5.60. The molecule has 2 aromatic rings. The van der Waals surface area contributed by atoms with Crippen molar-refractivity contribution in [2.75, 3.05) is 0 Å². The summed E-state index contributed by atoms with van der Waals surface area (Å²) in [6, 6.07) is 17.7. The van der Waals surface area contributed by atoms with E-state index >= 15 is 0 Å². The Morgan fingerprint density at radius 2 is 1.62 bits per heavy atom. The second kappa shape index (κ2) is 7.84. The van der Waals surface area contributed by atoms with Crippen LogP contribution in [0.15, 0.2) is 54.6 Å². The molecule has 21 heavy (non-hydrogen) atoms. The molecule has 0 bridgehead atoms. The third-order valence-electron chi connectivity index (χ3n) is 3.43. The lowest BCUT2D eigenvalue weighted by Gasteiger charge is -2.13. The Kier molecular flexibility index (Phi) is 5.82. The summed E-state index contributed by atoms with van der Waals surface area (Å²) in [5, 5.41) is 10.1. The smallest absolute Gasteiger partial charge is 0.127 e. The van der Waals surface area contributed by atoms with E-state index in [1.54, 1.807) is 0 Å². The molecule has 0 spiro atoms. The van der Waals surface area contributed by atoms with E-state index in [0.717, 1.165) is 29.9 Å². The summed E-state index contributed by atoms with van der Waals surface area (Å²) in [4.78, 5) is 0. The molecule has 0 fully saturated rings. The monoisotopic (exact) mass is 284 g/mol. The van der Waals surface area contributed by atoms with Crippen LogP contribution in [0.25, 0.3) is 0 Å². The van der Waals surface area contributed by atoms with Gasteiger partial charge in [-0.25, -0.2) is 0 Å². The van der Waals surface area contributed by atoms with E-state index < -0.39 is 0 Å². The number of benzene rings is 2. The predicted octanol–water partition coefficient (Wildman–Crippen LogP) is 4.82. The number of para-hydroxylation sites is 1. The highest BCUT2D eigenvalue weighted by Gasteiger charge is 2.08. The maximum absolute atomic E-state index is 10.1. The van der Waals surface area contributed by atoms with E-state index in [1.807, 2.05) is 54.6 Å². The molecule has 0 aromatic heterocycles. The summed E-state index contributed by atoms with van der Waals surface area (Å²) in [5.41, 5.74) is 1.11. The summed E-state index contributed by atoms with van der Waals surface area (Å²) < 4.78 is 5.82. The van der Waals surface area contributed by atoms with Gasteiger partial charge in [0.25, 0.3) is 0 Å². The second-order valence-corrected chi connectivity index (χ2v) is 5.89. The minimum Gasteiger partial charge on any atom is -0.457 e. The van der Waals surface area contributed by atoms with Gasteiger partial charge < -0.3 is 9.84 Å². The average molecular weight is 284 g/mol. The fourth-order valence-electron chi connectivity index (χ4n) is 2.26. The fraction of sp³-hybridized carbons (Fsp3) is 0.368. The standard InChI is InChI=1S/C19H24O2/c1-15(2)11-12-17(20)13-16-7-6-10-19(14-16)21-18-8-4-3-5-9-18/h3-10,14-15,17,20H,11-13H2,1-2H3. The Labute approximate surface area is 127 Å². The van der Waals surface area contributed by atoms with Crippen LogP contribution in [0, 0.1) is 5.92 Å². The van der Waals surface area contributed by atoms with Crippen molar-refractivity contribution in [1.29, 1.82) is 0 Å². The van der Waals surface area contributed by atoms with Crippen LogP contribution in [0.3, 0.4) is 0 Å². The van der Waals surface area contributed by atoms with Gasteiger partial charge in [0.15, 0.2) is 0 Å². The zero-order valence-corrected chi connectivity index (χ0v) is 12.8. The quantitative estimate of drug-likeness (QED) is 0.790. The van der Waals surface area contributed by atoms with E-state index in [4.69, 9.17) is 4.74 Å². The molecule has 0 aliphatic carbocycles. The molecule has 2 heteroatoms. The first-order valence-electron chi connectivity index (χ1n) is 7.63. The van der Waals surface area contributed by atoms with Crippen LogP contribution < -0.4 is 4.74 Å². The van der Waals surface area contributed by atoms with E-state index in [-0.39, 0.29) is 6.10 Å². The summed E-state index contributed by atoms with van der Waals surface area (Å²) in [6.45, 7) is 4.36. The van der Waals surface area contributed by atoms with Crippen molar-refractivity contribution in [3.05, 3.63) is 60.2 Å². The second-order valence-electron chi connectivity index (χ2n) is 5.89. The Balaban J connectivity index is 1.94. The highest BCUT2D eigenvalue weighted by Crippen LogP contribution is 2.22. The van der Waals surface area contributed by atoms with Gasteiger partial charge in [0.2, 0.25) is 0 Å². The van der Waals surface area contributed by atoms with Crippen molar-refractivity contribution in [1.82, 2.24) is 0 Å². The maximum atomic E-state index is 10.1. The highest BCUT2D eigenvalue weighted by molar-refractivity contribution is 5.34. The molecule has 0 aliphatic rings. The van der Waals surface area contributed by atoms with Crippen LogP contribution in [0.4, 0.5) is 0 Å². The van der Waals surface area contributed by atoms with Gasteiger partial charge in [-0.05, 0) is 55.0 Å². The Morgan fingerprint density at radius 1 is 0.905 bits per heavy atom. The van der Waals surface area contributed by atoms with E-state index in [9.17, 15) is 5.11 Å². The van der Waals surface area contributed by atoms with Crippen molar-refractivity contribution in [3.63, 3.8) is 0 Å². The Hall–Kier alpha value is -1.80. The zero-order valence-electron chi connectivity index (χ0n) is 12.8. The molecule has 0 heterocycles. The largest absolute Gasteiger partial charge is 0.457 e. The molecular formula is C19H24O2. The predicted molar refractivity (Wildman–Crippen MR) is 86.7 cm³/mol. The number of aliphatic hydroxyl groups is 1. The van der Waals surface area contributed by atoms with Crippen molar-refractivity contribution in [2.45, 2.75) is 39.2 Å². The first kappa shape index (κ1) is 15.6. The van der Waals surface area contributed by atoms with Gasteiger partial charge in [0.1, 0.15) is 11.5 Å². The average Bonchev–Trinajstić information content (AvgIpc) is 2.46. The fourth-order valence-corrected chi connectivity index (χ4v) is 2.26. The molecule has 2 rings (SSSR count). The van der Waals surface area contributed by atoms with Crippen LogP contribution in [0.2, 0.25) is 0 Å². The zero-order chi connectivity index (χ0) is 15.1. The van der Waals surface area contributed by atoms with E-state index in [0.29, 0.717) is 12.3 Å². The van der Waals surface area contributed by atoms with Crippen molar-refractivity contribution >= 4 is 0 Å². The van der Waals surface area contributed by atoms with Crippen molar-refractivity contribution in [2.24, 2.45) is 5.92 Å². The summed E-state index contributed by atoms with van der Waals surface area (Å²) in [6.07, 6.45) is 2.31. The number of hydrogen-bond donors (Lipinski definition) is 1. The molecule has 2 nitrogen and oxygen atoms in total. The lowest BCUT2D eigenvalue weighted by atomic mass is 10.00. The molecule has 2 aromatic carbocycles. The first-order valence-corrected chi connectivity index (χ1v) is 7.63. The summed E-state index contributed by atoms with van der Waals surface area (Å²) in [7, 11) is 0. The van der Waals surface area contributed by atoms with Crippen molar-refractivity contribution < 1.29 is 9.84 Å². The van der Waals surface area contributed by atoms with Gasteiger partial charge in [-0.3, -0.25) is 0 Å². The number of ether oxygens (including phenoxy) is 1. The normalized spacial score (nSPS) is 12.4. The lowest BCUT2D eigenvalue weighted by molar-refractivity contribution is 0.157. The van der Waals surface area contributed by atoms with E-state index in [2.05, 4.69) is 13.8 Å². The summed E-state index contributed by atoms with van der Waals surface area (Å²) >= 11 is 0. The van der Waals surface area contributed by atoms with Gasteiger partial charge >= 0.3 is 0 Å². The van der Waals surface area contributed by atoms with Crippen LogP contribution in [0.5, 0.6) is 11.5 Å². The molecule has 1 atom stereocenters. The first-order chi connectivity index (χ1) is 10.1. The molecule has 0 radical (unpaired) electrons. The Morgan fingerprint density at radius 3 is 2.33 bits per heavy atom. The minimum absolute atomic E-state index is 0.278. The molecule has 0 aliphatic heterocycles. The number of hydrogen-bond acceptors (Lipinski definition) is 2. The maximum Gasteiger partial charge on any atom is 0.127 e. The Bertz CT molecular complexity index is 534. The molecule has 0 amide bonds. The molecule has 112 valence electrons. The highest BCUT2D eigenvalue weighted by atomic mass is 16.5. The van der Waals surface area contributed by atoms with Crippen LogP contribution in [-0.2, 0) is 6.42 Å². The minimum atomic E-state index is -0.278. The van der Waals surface area contributed by atoms with Crippen LogP contribution in [-0.4, -0.2) is 11.2 Å². The van der Waals surface area contributed by atoms with Gasteiger partial charge in [0.05, 0.1) is 6.10 Å². The van der Waals surface area contributed by atoms with Crippen LogP contribution in [0.1, 0.15) is 32.3 Å². The van der Waals surface area contributed by atoms with Gasteiger partial charge in [0, 0.05) is 0 Å². The van der Waals surface area contributed by atoms with Gasteiger partial charge in [-0.1, -0.05) is 44.2 Å². The van der Waals surface area contributed by atoms with E-state index in [1.165, 1.54) is 0 Å². The van der Waals surface area contributed by atoms with Crippen LogP contribution >= 0.6 is 0 Å². The molecular weight excluding hydrogens is 260 g/mol. The number of aliphatic hydroxyl groups excluding tert-OH is 1. The molecule has 1 unspecified atom stereocenters. The van der Waals surface area contributed by atoms with Crippen molar-refractivity contribution in [3.8, 4) is 11.5 Å². The van der Waals surface area contributed by atoms with Gasteiger partial charge in [-0.2, -0.15) is 0 Å². The summed E-state index contributed by atoms with van der Waals surface area (Å²) in [5.74, 6) is 2.28. The molecule has 1 N–H and O–H groups in total. The third-order valence-corrected chi connectivity index (χ3v) is 3.43. The van der Waals surface area contributed by atoms with Gasteiger partial charge in [-0.15, -0.1) is 0 Å². The molecule has 0 saturated carbocycles. The SMILES string of the molecule is CC(C)CCC(O)Cc1cccc(Oc2ccccc2)c1.